The maximum Gasteiger partial charge on any atom is 0.265 e. The smallest absolute Gasteiger partial charge is 0.265 e. The lowest BCUT2D eigenvalue weighted by molar-refractivity contribution is -0.121. The third-order valence-corrected chi connectivity index (χ3v) is 3.20. The number of unbranched alkanes of at least 4 members (excludes halogenated alkanes) is 1. The molecule has 0 aromatic heterocycles. The molecule has 18 heavy (non-hydrogen) atoms. The first kappa shape index (κ1) is 12.9. The van der Waals surface area contributed by atoms with Crippen molar-refractivity contribution >= 4 is 11.6 Å². The van der Waals surface area contributed by atoms with Gasteiger partial charge in [-0.15, -0.1) is 0 Å². The number of nitrogens with zero attached hydrogens (tertiary/aromatic N) is 1. The van der Waals surface area contributed by atoms with Crippen molar-refractivity contribution < 1.29 is 9.53 Å². The molecule has 0 atom stereocenters. The van der Waals surface area contributed by atoms with Gasteiger partial charge in [-0.1, -0.05) is 6.07 Å². The Morgan fingerprint density at radius 3 is 2.94 bits per heavy atom. The summed E-state index contributed by atoms with van der Waals surface area (Å²) in [5.41, 5.74) is 7.63. The van der Waals surface area contributed by atoms with Crippen LogP contribution in [0.15, 0.2) is 18.2 Å². The van der Waals surface area contributed by atoms with Gasteiger partial charge in [0, 0.05) is 6.54 Å². The zero-order valence-electron chi connectivity index (χ0n) is 10.8. The number of benzene rings is 1. The molecule has 1 aliphatic rings. The Labute approximate surface area is 108 Å². The highest BCUT2D eigenvalue weighted by Gasteiger charge is 2.24. The molecule has 1 aromatic carbocycles. The summed E-state index contributed by atoms with van der Waals surface area (Å²) in [5, 5.41) is 0. The second-order valence-corrected chi connectivity index (χ2v) is 4.47. The van der Waals surface area contributed by atoms with E-state index in [-0.39, 0.29) is 12.5 Å². The van der Waals surface area contributed by atoms with E-state index in [0.29, 0.717) is 6.54 Å². The number of carbonyl (C=O) groups excluding carboxylic acids is 1. The fourth-order valence-corrected chi connectivity index (χ4v) is 2.22. The van der Waals surface area contributed by atoms with E-state index in [1.807, 2.05) is 13.0 Å². The standard InChI is InChI=1S/C14H20N2O2/c1-2-16-12-9-11(5-3-4-8-15)6-7-13(12)18-10-14(16)17/h6-7,9H,2-5,8,10,15H2,1H3. The van der Waals surface area contributed by atoms with Crippen LogP contribution in [0.1, 0.15) is 25.3 Å². The SMILES string of the molecule is CCN1C(=O)COc2ccc(CCCCN)cc21. The molecule has 0 saturated carbocycles. The molecule has 1 aromatic rings. The fourth-order valence-electron chi connectivity index (χ4n) is 2.22. The molecule has 98 valence electrons. The lowest BCUT2D eigenvalue weighted by Crippen LogP contribution is -2.38. The number of hydrogen-bond donors (Lipinski definition) is 1. The van der Waals surface area contributed by atoms with Gasteiger partial charge in [-0.3, -0.25) is 4.79 Å². The van der Waals surface area contributed by atoms with Crippen LogP contribution in [0.5, 0.6) is 5.75 Å². The monoisotopic (exact) mass is 248 g/mol. The van der Waals surface area contributed by atoms with Gasteiger partial charge in [0.25, 0.3) is 5.91 Å². The van der Waals surface area contributed by atoms with Crippen LogP contribution < -0.4 is 15.4 Å². The molecular formula is C14H20N2O2. The normalized spacial score (nSPS) is 14.3. The van der Waals surface area contributed by atoms with Crippen molar-refractivity contribution in [2.24, 2.45) is 5.73 Å². The number of rotatable bonds is 5. The second-order valence-electron chi connectivity index (χ2n) is 4.47. The molecule has 2 rings (SSSR count). The van der Waals surface area contributed by atoms with Crippen molar-refractivity contribution in [3.05, 3.63) is 23.8 Å². The number of aryl methyl sites for hydroxylation is 1. The van der Waals surface area contributed by atoms with E-state index in [0.717, 1.165) is 37.2 Å². The number of likely N-dealkylation sites (N-methyl/N-ethyl adjacent to an activating group) is 1. The average molecular weight is 248 g/mol. The highest BCUT2D eigenvalue weighted by Crippen LogP contribution is 2.33. The maximum absolute atomic E-state index is 11.7. The molecule has 1 aliphatic heterocycles. The average Bonchev–Trinajstić information content (AvgIpc) is 2.39. The topological polar surface area (TPSA) is 55.6 Å². The van der Waals surface area contributed by atoms with Gasteiger partial charge in [0.15, 0.2) is 6.61 Å². The molecule has 0 spiro atoms. The molecule has 0 bridgehead atoms. The first-order valence-electron chi connectivity index (χ1n) is 6.52. The van der Waals surface area contributed by atoms with Gasteiger partial charge < -0.3 is 15.4 Å². The van der Waals surface area contributed by atoms with E-state index in [9.17, 15) is 4.79 Å². The van der Waals surface area contributed by atoms with Crippen molar-refractivity contribution in [3.63, 3.8) is 0 Å². The van der Waals surface area contributed by atoms with Crippen molar-refractivity contribution in [2.75, 3.05) is 24.6 Å². The Kier molecular flexibility index (Phi) is 4.20. The van der Waals surface area contributed by atoms with Crippen LogP contribution >= 0.6 is 0 Å². The minimum atomic E-state index is 0.0316. The van der Waals surface area contributed by atoms with E-state index in [4.69, 9.17) is 10.5 Å². The first-order valence-corrected chi connectivity index (χ1v) is 6.52. The van der Waals surface area contributed by atoms with E-state index < -0.39 is 0 Å². The van der Waals surface area contributed by atoms with Gasteiger partial charge in [-0.25, -0.2) is 0 Å². The van der Waals surface area contributed by atoms with Crippen LogP contribution in [0.2, 0.25) is 0 Å². The molecule has 4 heteroatoms. The summed E-state index contributed by atoms with van der Waals surface area (Å²) in [6.45, 7) is 3.54. The Morgan fingerprint density at radius 2 is 2.22 bits per heavy atom. The van der Waals surface area contributed by atoms with Gasteiger partial charge in [-0.05, 0) is 50.4 Å². The highest BCUT2D eigenvalue weighted by molar-refractivity contribution is 5.97. The first-order chi connectivity index (χ1) is 8.76. The van der Waals surface area contributed by atoms with Crippen LogP contribution in [-0.4, -0.2) is 25.6 Å². The summed E-state index contributed by atoms with van der Waals surface area (Å²) in [7, 11) is 0. The molecule has 0 radical (unpaired) electrons. The van der Waals surface area contributed by atoms with Gasteiger partial charge in [0.05, 0.1) is 5.69 Å². The van der Waals surface area contributed by atoms with Gasteiger partial charge in [0.1, 0.15) is 5.75 Å². The van der Waals surface area contributed by atoms with Crippen LogP contribution in [-0.2, 0) is 11.2 Å². The fraction of sp³-hybridized carbons (Fsp3) is 0.500. The predicted molar refractivity (Wildman–Crippen MR) is 72.0 cm³/mol. The Bertz CT molecular complexity index is 432. The summed E-state index contributed by atoms with van der Waals surface area (Å²) in [4.78, 5) is 13.5. The summed E-state index contributed by atoms with van der Waals surface area (Å²) in [6, 6.07) is 6.09. The zero-order chi connectivity index (χ0) is 13.0. The van der Waals surface area contributed by atoms with Crippen molar-refractivity contribution in [1.82, 2.24) is 0 Å². The van der Waals surface area contributed by atoms with Crippen LogP contribution in [0.4, 0.5) is 5.69 Å². The van der Waals surface area contributed by atoms with Crippen molar-refractivity contribution in [2.45, 2.75) is 26.2 Å². The Morgan fingerprint density at radius 1 is 1.39 bits per heavy atom. The van der Waals surface area contributed by atoms with E-state index in [2.05, 4.69) is 12.1 Å². The van der Waals surface area contributed by atoms with E-state index in [1.165, 1.54) is 5.56 Å². The maximum atomic E-state index is 11.7. The van der Waals surface area contributed by atoms with Crippen molar-refractivity contribution in [3.8, 4) is 5.75 Å². The number of fused-ring (bicyclic) bond motifs is 1. The van der Waals surface area contributed by atoms with E-state index >= 15 is 0 Å². The molecule has 2 N–H and O–H groups in total. The zero-order valence-corrected chi connectivity index (χ0v) is 10.8. The quantitative estimate of drug-likeness (QED) is 0.807. The number of anilines is 1. The van der Waals surface area contributed by atoms with Crippen LogP contribution in [0, 0.1) is 0 Å². The lowest BCUT2D eigenvalue weighted by Gasteiger charge is -2.28. The molecular weight excluding hydrogens is 228 g/mol. The van der Waals surface area contributed by atoms with Crippen LogP contribution in [0.3, 0.4) is 0 Å². The third kappa shape index (κ3) is 2.64. The highest BCUT2D eigenvalue weighted by atomic mass is 16.5. The summed E-state index contributed by atoms with van der Waals surface area (Å²) < 4.78 is 5.44. The number of amides is 1. The summed E-state index contributed by atoms with van der Waals surface area (Å²) >= 11 is 0. The van der Waals surface area contributed by atoms with E-state index in [1.54, 1.807) is 4.90 Å². The van der Waals surface area contributed by atoms with Crippen LogP contribution in [0.25, 0.3) is 0 Å². The largest absolute Gasteiger partial charge is 0.482 e. The second kappa shape index (κ2) is 5.87. The number of nitrogens with two attached hydrogens (primary N) is 1. The molecule has 0 unspecified atom stereocenters. The third-order valence-electron chi connectivity index (χ3n) is 3.20. The molecule has 0 saturated heterocycles. The Balaban J connectivity index is 2.18. The minimum absolute atomic E-state index is 0.0316. The predicted octanol–water partition coefficient (Wildman–Crippen LogP) is 1.71. The molecule has 1 heterocycles. The van der Waals surface area contributed by atoms with Gasteiger partial charge in [0.2, 0.25) is 0 Å². The van der Waals surface area contributed by atoms with Crippen molar-refractivity contribution in [1.29, 1.82) is 0 Å². The molecule has 4 nitrogen and oxygen atoms in total. The summed E-state index contributed by atoms with van der Waals surface area (Å²) in [5.74, 6) is 0.836. The van der Waals surface area contributed by atoms with Gasteiger partial charge >= 0.3 is 0 Å². The Hall–Kier alpha value is -1.55. The molecule has 0 fully saturated rings. The number of hydrogen-bond acceptors (Lipinski definition) is 3. The van der Waals surface area contributed by atoms with Gasteiger partial charge in [-0.2, -0.15) is 0 Å². The molecule has 0 aliphatic carbocycles. The lowest BCUT2D eigenvalue weighted by atomic mass is 10.1. The number of carbonyl (C=O) groups is 1. The summed E-state index contributed by atoms with van der Waals surface area (Å²) in [6.07, 6.45) is 3.11. The molecule has 1 amide bonds. The minimum Gasteiger partial charge on any atom is -0.482 e. The number of ether oxygens (including phenoxy) is 1.